The van der Waals surface area contributed by atoms with E-state index < -0.39 is 18.0 Å². The van der Waals surface area contributed by atoms with E-state index in [2.05, 4.69) is 16.1 Å². The Bertz CT molecular complexity index is 1000. The van der Waals surface area contributed by atoms with Crippen molar-refractivity contribution in [3.05, 3.63) is 74.9 Å². The third-order valence-corrected chi connectivity index (χ3v) is 5.73. The summed E-state index contributed by atoms with van der Waals surface area (Å²) in [5.41, 5.74) is 10.5. The van der Waals surface area contributed by atoms with E-state index in [9.17, 15) is 14.1 Å². The van der Waals surface area contributed by atoms with Crippen molar-refractivity contribution in [3.63, 3.8) is 0 Å². The van der Waals surface area contributed by atoms with Crippen molar-refractivity contribution in [2.75, 3.05) is 6.54 Å². The molecule has 8 nitrogen and oxygen atoms in total. The van der Waals surface area contributed by atoms with Crippen LogP contribution in [0.2, 0.25) is 5.02 Å². The number of hydrazine groups is 1. The van der Waals surface area contributed by atoms with Crippen LogP contribution in [0.1, 0.15) is 30.0 Å². The van der Waals surface area contributed by atoms with Crippen LogP contribution in [0.25, 0.3) is 0 Å². The minimum atomic E-state index is -0.722. The van der Waals surface area contributed by atoms with E-state index in [1.165, 1.54) is 6.07 Å². The molecule has 1 aliphatic rings. The van der Waals surface area contributed by atoms with Gasteiger partial charge in [-0.3, -0.25) is 15.5 Å². The monoisotopic (exact) mass is 461 g/mol. The molecule has 0 bridgehead atoms. The molecule has 170 valence electrons. The molecule has 0 spiro atoms. The molecule has 2 aromatic rings. The van der Waals surface area contributed by atoms with E-state index in [-0.39, 0.29) is 22.7 Å². The van der Waals surface area contributed by atoms with Gasteiger partial charge in [0.1, 0.15) is 16.5 Å². The van der Waals surface area contributed by atoms with E-state index in [4.69, 9.17) is 22.7 Å². The van der Waals surface area contributed by atoms with Crippen LogP contribution in [-0.4, -0.2) is 35.4 Å². The van der Waals surface area contributed by atoms with Gasteiger partial charge in [-0.15, -0.1) is 5.43 Å². The lowest BCUT2D eigenvalue weighted by Crippen LogP contribution is -2.50. The van der Waals surface area contributed by atoms with Gasteiger partial charge in [-0.05, 0) is 42.5 Å². The molecule has 1 fully saturated rings. The van der Waals surface area contributed by atoms with E-state index >= 15 is 0 Å². The molecule has 0 unspecified atom stereocenters. The third kappa shape index (κ3) is 6.24. The second kappa shape index (κ2) is 10.5. The summed E-state index contributed by atoms with van der Waals surface area (Å²) < 4.78 is 13.3. The lowest BCUT2D eigenvalue weighted by atomic mass is 9.98. The zero-order valence-corrected chi connectivity index (χ0v) is 18.5. The average molecular weight is 462 g/mol. The quantitative estimate of drug-likeness (QED) is 0.169. The van der Waals surface area contributed by atoms with Crippen LogP contribution < -0.4 is 21.8 Å². The van der Waals surface area contributed by atoms with E-state index in [1.54, 1.807) is 43.3 Å². The Labute approximate surface area is 190 Å². The number of halogens is 2. The van der Waals surface area contributed by atoms with Crippen molar-refractivity contribution in [1.29, 1.82) is 5.41 Å². The Balaban J connectivity index is 1.43. The van der Waals surface area contributed by atoms with Gasteiger partial charge in [-0.25, -0.2) is 4.39 Å². The van der Waals surface area contributed by atoms with Gasteiger partial charge in [0.15, 0.2) is 6.04 Å². The SMILES string of the molecule is C[C@H](N[N+](=O)[C@H]1C[C@H](Cc2ccc(F)c(Cl)c2)CN1)C(=O)NCc1ccc(C(=N)N)cc1. The molecule has 1 aliphatic heterocycles. The molecule has 32 heavy (non-hydrogen) atoms. The molecule has 3 atom stereocenters. The topological polar surface area (TPSA) is 123 Å². The highest BCUT2D eigenvalue weighted by atomic mass is 35.5. The fraction of sp³-hybridized carbons (Fsp3) is 0.364. The summed E-state index contributed by atoms with van der Waals surface area (Å²) in [4.78, 5) is 25.5. The first-order valence-corrected chi connectivity index (χ1v) is 10.7. The summed E-state index contributed by atoms with van der Waals surface area (Å²) in [5.74, 6) is -0.579. The standard InChI is InChI=1S/C22H26ClFN6O2/c1-13(22(31)28-11-14-2-5-17(6-3-14)21(25)26)29-30(32)20-10-16(12-27-20)8-15-4-7-19(24)18(23)9-15/h2-7,9,13,16,20,27H,8,10-12H2,1H3,(H4-,25,26,28,29,31,32)/p+1/t13-,16-,20-/m0/s1. The highest BCUT2D eigenvalue weighted by molar-refractivity contribution is 6.30. The first-order valence-electron chi connectivity index (χ1n) is 10.3. The van der Waals surface area contributed by atoms with Gasteiger partial charge in [0.2, 0.25) is 5.91 Å². The number of carbonyl (C=O) groups is 1. The number of amidine groups is 1. The molecule has 1 amide bonds. The highest BCUT2D eigenvalue weighted by Gasteiger charge is 2.37. The van der Waals surface area contributed by atoms with Crippen molar-refractivity contribution in [2.24, 2.45) is 11.7 Å². The molecule has 0 radical (unpaired) electrons. The van der Waals surface area contributed by atoms with Gasteiger partial charge >= 0.3 is 0 Å². The number of nitroso groups, excluding NO2 is 1. The highest BCUT2D eigenvalue weighted by Crippen LogP contribution is 2.22. The summed E-state index contributed by atoms with van der Waals surface area (Å²) in [6, 6.07) is 10.9. The predicted octanol–water partition coefficient (Wildman–Crippen LogP) is 2.23. The number of hydrogen-bond acceptors (Lipinski definition) is 4. The van der Waals surface area contributed by atoms with E-state index in [0.717, 1.165) is 11.1 Å². The number of carbonyl (C=O) groups excluding carboxylic acids is 1. The second-order valence-corrected chi connectivity index (χ2v) is 8.39. The van der Waals surface area contributed by atoms with Gasteiger partial charge < -0.3 is 11.1 Å². The fourth-order valence-electron chi connectivity index (χ4n) is 3.60. The Hall–Kier alpha value is -3.04. The van der Waals surface area contributed by atoms with Crippen molar-refractivity contribution in [1.82, 2.24) is 16.1 Å². The van der Waals surface area contributed by atoms with Crippen molar-refractivity contribution >= 4 is 23.3 Å². The zero-order chi connectivity index (χ0) is 23.3. The summed E-state index contributed by atoms with van der Waals surface area (Å²) in [6.45, 7) is 2.55. The maximum absolute atomic E-state index is 13.3. The van der Waals surface area contributed by atoms with E-state index in [0.29, 0.717) is 36.4 Å². The van der Waals surface area contributed by atoms with Gasteiger partial charge in [-0.2, -0.15) is 0 Å². The van der Waals surface area contributed by atoms with Crippen LogP contribution in [0.4, 0.5) is 4.39 Å². The molecular weight excluding hydrogens is 435 g/mol. The minimum Gasteiger partial charge on any atom is -0.384 e. The Morgan fingerprint density at radius 3 is 2.66 bits per heavy atom. The van der Waals surface area contributed by atoms with Gasteiger partial charge in [0.05, 0.1) is 9.93 Å². The summed E-state index contributed by atoms with van der Waals surface area (Å²) >= 11 is 5.84. The van der Waals surface area contributed by atoms with Crippen molar-refractivity contribution < 1.29 is 14.1 Å². The Morgan fingerprint density at radius 1 is 1.31 bits per heavy atom. The molecule has 1 heterocycles. The van der Waals surface area contributed by atoms with E-state index in [1.807, 2.05) is 0 Å². The Kier molecular flexibility index (Phi) is 7.76. The summed E-state index contributed by atoms with van der Waals surface area (Å²) in [6.07, 6.45) is 0.795. The van der Waals surface area contributed by atoms with Gasteiger partial charge in [0, 0.05) is 25.1 Å². The maximum atomic E-state index is 13.3. The van der Waals surface area contributed by atoms with Crippen molar-refractivity contribution in [2.45, 2.75) is 38.5 Å². The number of rotatable bonds is 9. The number of amides is 1. The second-order valence-electron chi connectivity index (χ2n) is 7.98. The van der Waals surface area contributed by atoms with Crippen LogP contribution >= 0.6 is 11.6 Å². The number of benzene rings is 2. The van der Waals surface area contributed by atoms with Crippen LogP contribution in [0.5, 0.6) is 0 Å². The molecule has 2 aromatic carbocycles. The molecule has 0 saturated carbocycles. The first-order chi connectivity index (χ1) is 15.2. The minimum absolute atomic E-state index is 0.0156. The average Bonchev–Trinajstić information content (AvgIpc) is 3.23. The number of hydrogen-bond donors (Lipinski definition) is 5. The number of nitrogens with two attached hydrogens (primary N) is 1. The normalized spacial score (nSPS) is 18.7. The number of nitrogens with zero attached hydrogens (tertiary/aromatic N) is 1. The molecule has 0 aromatic heterocycles. The van der Waals surface area contributed by atoms with Crippen LogP contribution in [-0.2, 0) is 17.8 Å². The zero-order valence-electron chi connectivity index (χ0n) is 17.7. The predicted molar refractivity (Wildman–Crippen MR) is 121 cm³/mol. The summed E-state index contributed by atoms with van der Waals surface area (Å²) in [5, 5.41) is 13.4. The van der Waals surface area contributed by atoms with Gasteiger partial charge in [-0.1, -0.05) is 41.9 Å². The maximum Gasteiger partial charge on any atom is 0.287 e. The molecule has 10 heteroatoms. The molecule has 0 aliphatic carbocycles. The third-order valence-electron chi connectivity index (χ3n) is 5.44. The van der Waals surface area contributed by atoms with Crippen molar-refractivity contribution in [3.8, 4) is 0 Å². The Morgan fingerprint density at radius 2 is 2.00 bits per heavy atom. The fourth-order valence-corrected chi connectivity index (χ4v) is 3.81. The lowest BCUT2D eigenvalue weighted by Gasteiger charge is -2.12. The first kappa shape index (κ1) is 23.6. The smallest absolute Gasteiger partial charge is 0.287 e. The number of nitrogen functional groups attached to an aromatic ring is 1. The lowest BCUT2D eigenvalue weighted by molar-refractivity contribution is -0.647. The summed E-state index contributed by atoms with van der Waals surface area (Å²) in [7, 11) is 0. The molecule has 3 rings (SSSR count). The molecule has 6 N–H and O–H groups in total. The van der Waals surface area contributed by atoms with Crippen LogP contribution in [0.3, 0.4) is 0 Å². The van der Waals surface area contributed by atoms with Crippen LogP contribution in [0, 0.1) is 22.1 Å². The largest absolute Gasteiger partial charge is 0.384 e. The molecular formula is C22H27ClFN6O2+. The molecule has 1 saturated heterocycles. The van der Waals surface area contributed by atoms with Gasteiger partial charge in [0.25, 0.3) is 6.17 Å². The van der Waals surface area contributed by atoms with Crippen LogP contribution in [0.15, 0.2) is 42.5 Å². The number of nitrogens with one attached hydrogen (secondary N) is 4.